The maximum Gasteiger partial charge on any atom is 0.118 e. The molecule has 0 amide bonds. The van der Waals surface area contributed by atoms with Gasteiger partial charge in [-0.1, -0.05) is 66.2 Å². The lowest BCUT2D eigenvalue weighted by atomic mass is 9.67. The number of benzene rings is 4. The first-order valence-electron chi connectivity index (χ1n) is 9.93. The Bertz CT molecular complexity index is 1250. The first-order valence-corrected chi connectivity index (χ1v) is 10.3. The lowest BCUT2D eigenvalue weighted by Crippen LogP contribution is -2.28. The van der Waals surface area contributed by atoms with Crippen molar-refractivity contribution in [2.45, 2.75) is 19.3 Å². The molecule has 1 aliphatic carbocycles. The van der Waals surface area contributed by atoms with Gasteiger partial charge in [0.2, 0.25) is 0 Å². The van der Waals surface area contributed by atoms with Crippen LogP contribution in [0.2, 0.25) is 5.02 Å². The van der Waals surface area contributed by atoms with E-state index in [-0.39, 0.29) is 11.5 Å². The molecule has 4 aromatic carbocycles. The van der Waals surface area contributed by atoms with E-state index >= 15 is 0 Å². The van der Waals surface area contributed by atoms with Gasteiger partial charge in [-0.25, -0.2) is 0 Å². The lowest BCUT2D eigenvalue weighted by Gasteiger charge is -2.34. The van der Waals surface area contributed by atoms with Gasteiger partial charge in [0.25, 0.3) is 0 Å². The number of hydrogen-bond donors (Lipinski definition) is 2. The SMILES string of the molecule is Cc1cc(C2(c3ccc(O)c(C)c3)c3ccccc3-c3ccc(Cl)cc32)ccc1O. The Hall–Kier alpha value is -3.23. The first-order chi connectivity index (χ1) is 14.4. The van der Waals surface area contributed by atoms with Gasteiger partial charge in [0.15, 0.2) is 0 Å². The third-order valence-electron chi connectivity index (χ3n) is 6.27. The summed E-state index contributed by atoms with van der Waals surface area (Å²) in [7, 11) is 0. The Kier molecular flexibility index (Phi) is 4.16. The van der Waals surface area contributed by atoms with Crippen molar-refractivity contribution in [3.8, 4) is 22.6 Å². The molecule has 0 saturated heterocycles. The van der Waals surface area contributed by atoms with E-state index in [0.29, 0.717) is 5.02 Å². The Labute approximate surface area is 181 Å². The number of aromatic hydroxyl groups is 2. The molecular formula is C27H21ClO2. The van der Waals surface area contributed by atoms with Crippen molar-refractivity contribution in [1.82, 2.24) is 0 Å². The van der Waals surface area contributed by atoms with Gasteiger partial charge in [-0.15, -0.1) is 0 Å². The average molecular weight is 413 g/mol. The van der Waals surface area contributed by atoms with Crippen LogP contribution in [0.5, 0.6) is 11.5 Å². The highest BCUT2D eigenvalue weighted by Gasteiger charge is 2.46. The number of hydrogen-bond acceptors (Lipinski definition) is 2. The molecule has 1 aliphatic rings. The van der Waals surface area contributed by atoms with Gasteiger partial charge >= 0.3 is 0 Å². The van der Waals surface area contributed by atoms with E-state index in [0.717, 1.165) is 38.9 Å². The average Bonchev–Trinajstić information content (AvgIpc) is 3.02. The molecule has 0 radical (unpaired) electrons. The van der Waals surface area contributed by atoms with Crippen LogP contribution in [0.3, 0.4) is 0 Å². The Morgan fingerprint density at radius 3 is 1.80 bits per heavy atom. The standard InChI is InChI=1S/C27H21ClO2/c1-16-13-18(7-11-25(16)29)27(19-8-12-26(30)17(2)14-19)23-6-4-3-5-21(23)22-10-9-20(28)15-24(22)27/h3-15,29-30H,1-2H3. The monoisotopic (exact) mass is 412 g/mol. The molecule has 5 rings (SSSR count). The van der Waals surface area contributed by atoms with Crippen molar-refractivity contribution in [3.05, 3.63) is 117 Å². The zero-order valence-electron chi connectivity index (χ0n) is 16.8. The molecule has 148 valence electrons. The highest BCUT2D eigenvalue weighted by molar-refractivity contribution is 6.30. The highest BCUT2D eigenvalue weighted by atomic mass is 35.5. The molecule has 30 heavy (non-hydrogen) atoms. The number of phenols is 2. The summed E-state index contributed by atoms with van der Waals surface area (Å²) >= 11 is 6.50. The van der Waals surface area contributed by atoms with Gasteiger partial charge in [-0.3, -0.25) is 0 Å². The predicted molar refractivity (Wildman–Crippen MR) is 122 cm³/mol. The van der Waals surface area contributed by atoms with Crippen LogP contribution in [0, 0.1) is 13.8 Å². The Morgan fingerprint density at radius 2 is 1.20 bits per heavy atom. The molecule has 0 atom stereocenters. The Morgan fingerprint density at radius 1 is 0.633 bits per heavy atom. The van der Waals surface area contributed by atoms with Gasteiger partial charge in [0.1, 0.15) is 11.5 Å². The summed E-state index contributed by atoms with van der Waals surface area (Å²) in [5.74, 6) is 0.543. The minimum Gasteiger partial charge on any atom is -0.508 e. The number of aryl methyl sites for hydroxylation is 2. The number of phenolic OH excluding ortho intramolecular Hbond substituents is 2. The van der Waals surface area contributed by atoms with E-state index in [1.165, 1.54) is 5.56 Å². The zero-order chi connectivity index (χ0) is 21.0. The fraction of sp³-hybridized carbons (Fsp3) is 0.111. The normalized spacial score (nSPS) is 13.7. The van der Waals surface area contributed by atoms with Crippen LogP contribution in [0.4, 0.5) is 0 Å². The topological polar surface area (TPSA) is 40.5 Å². The van der Waals surface area contributed by atoms with E-state index in [4.69, 9.17) is 11.6 Å². The number of rotatable bonds is 2. The van der Waals surface area contributed by atoms with Crippen molar-refractivity contribution < 1.29 is 10.2 Å². The van der Waals surface area contributed by atoms with E-state index in [1.807, 2.05) is 50.2 Å². The van der Waals surface area contributed by atoms with E-state index in [1.54, 1.807) is 12.1 Å². The summed E-state index contributed by atoms with van der Waals surface area (Å²) in [6, 6.07) is 26.0. The fourth-order valence-electron chi connectivity index (χ4n) is 4.82. The molecule has 0 aromatic heterocycles. The van der Waals surface area contributed by atoms with Crippen molar-refractivity contribution in [2.75, 3.05) is 0 Å². The molecule has 0 aliphatic heterocycles. The van der Waals surface area contributed by atoms with Crippen molar-refractivity contribution >= 4 is 11.6 Å². The third kappa shape index (κ3) is 2.50. The molecule has 0 saturated carbocycles. The first kappa shape index (κ1) is 18.8. The largest absolute Gasteiger partial charge is 0.508 e. The van der Waals surface area contributed by atoms with Crippen molar-refractivity contribution in [1.29, 1.82) is 0 Å². The number of halogens is 1. The summed E-state index contributed by atoms with van der Waals surface area (Å²) in [6.45, 7) is 3.82. The molecule has 0 unspecified atom stereocenters. The molecule has 0 bridgehead atoms. The molecule has 0 spiro atoms. The van der Waals surface area contributed by atoms with Crippen LogP contribution in [0.25, 0.3) is 11.1 Å². The van der Waals surface area contributed by atoms with E-state index in [2.05, 4.69) is 30.3 Å². The molecular weight excluding hydrogens is 392 g/mol. The van der Waals surface area contributed by atoms with E-state index in [9.17, 15) is 10.2 Å². The summed E-state index contributed by atoms with van der Waals surface area (Å²) in [5.41, 5.74) is 7.71. The summed E-state index contributed by atoms with van der Waals surface area (Å²) in [4.78, 5) is 0. The van der Waals surface area contributed by atoms with Crippen LogP contribution in [0.1, 0.15) is 33.4 Å². The quantitative estimate of drug-likeness (QED) is 0.337. The molecule has 0 fully saturated rings. The molecule has 4 aromatic rings. The maximum atomic E-state index is 10.2. The van der Waals surface area contributed by atoms with Gasteiger partial charge < -0.3 is 10.2 Å². The zero-order valence-corrected chi connectivity index (χ0v) is 17.5. The Balaban J connectivity index is 1.98. The molecule has 2 N–H and O–H groups in total. The highest BCUT2D eigenvalue weighted by Crippen LogP contribution is 2.57. The van der Waals surface area contributed by atoms with Crippen LogP contribution >= 0.6 is 11.6 Å². The van der Waals surface area contributed by atoms with Gasteiger partial charge in [0, 0.05) is 5.02 Å². The smallest absolute Gasteiger partial charge is 0.118 e. The van der Waals surface area contributed by atoms with Gasteiger partial charge in [0.05, 0.1) is 5.41 Å². The van der Waals surface area contributed by atoms with Crippen molar-refractivity contribution in [2.24, 2.45) is 0 Å². The van der Waals surface area contributed by atoms with Crippen LogP contribution < -0.4 is 0 Å². The van der Waals surface area contributed by atoms with Crippen LogP contribution in [-0.4, -0.2) is 10.2 Å². The summed E-state index contributed by atoms with van der Waals surface area (Å²) in [6.07, 6.45) is 0. The fourth-order valence-corrected chi connectivity index (χ4v) is 4.99. The minimum absolute atomic E-state index is 0.272. The van der Waals surface area contributed by atoms with Gasteiger partial charge in [-0.05, 0) is 82.6 Å². The van der Waals surface area contributed by atoms with Crippen LogP contribution in [-0.2, 0) is 5.41 Å². The predicted octanol–water partition coefficient (Wildman–Crippen LogP) is 6.73. The van der Waals surface area contributed by atoms with Gasteiger partial charge in [-0.2, -0.15) is 0 Å². The molecule has 0 heterocycles. The lowest BCUT2D eigenvalue weighted by molar-refractivity contribution is 0.470. The molecule has 2 nitrogen and oxygen atoms in total. The van der Waals surface area contributed by atoms with E-state index < -0.39 is 5.41 Å². The summed E-state index contributed by atoms with van der Waals surface area (Å²) in [5, 5.41) is 21.1. The second-order valence-electron chi connectivity index (χ2n) is 7.99. The summed E-state index contributed by atoms with van der Waals surface area (Å²) < 4.78 is 0. The molecule has 3 heteroatoms. The maximum absolute atomic E-state index is 10.2. The minimum atomic E-state index is -0.603. The number of fused-ring (bicyclic) bond motifs is 3. The second kappa shape index (κ2) is 6.65. The second-order valence-corrected chi connectivity index (χ2v) is 8.42. The van der Waals surface area contributed by atoms with Crippen molar-refractivity contribution in [3.63, 3.8) is 0 Å². The third-order valence-corrected chi connectivity index (χ3v) is 6.50. The van der Waals surface area contributed by atoms with Crippen LogP contribution in [0.15, 0.2) is 78.9 Å².